The highest BCUT2D eigenvalue weighted by molar-refractivity contribution is 5.79. The minimum atomic E-state index is 0.454. The minimum absolute atomic E-state index is 0.454. The molecule has 0 unspecified atom stereocenters. The van der Waals surface area contributed by atoms with Gasteiger partial charge in [0, 0.05) is 19.5 Å². The van der Waals surface area contributed by atoms with Crippen molar-refractivity contribution in [1.29, 1.82) is 0 Å². The van der Waals surface area contributed by atoms with Crippen LogP contribution in [0.5, 0.6) is 0 Å². The van der Waals surface area contributed by atoms with Crippen LogP contribution < -0.4 is 5.48 Å². The molecule has 0 radical (unpaired) electrons. The van der Waals surface area contributed by atoms with Gasteiger partial charge in [0.2, 0.25) is 0 Å². The lowest BCUT2D eigenvalue weighted by Gasteiger charge is -2.26. The summed E-state index contributed by atoms with van der Waals surface area (Å²) in [4.78, 5) is 7.61. The molecule has 0 saturated carbocycles. The number of aromatic nitrogens is 2. The van der Waals surface area contributed by atoms with E-state index in [0.29, 0.717) is 5.70 Å². The van der Waals surface area contributed by atoms with Crippen LogP contribution in [-0.4, -0.2) is 39.3 Å². The van der Waals surface area contributed by atoms with E-state index >= 15 is 0 Å². The van der Waals surface area contributed by atoms with Crippen molar-refractivity contribution < 1.29 is 5.21 Å². The summed E-state index contributed by atoms with van der Waals surface area (Å²) >= 11 is 0. The molecule has 1 fully saturated rings. The molecule has 0 atom stereocenters. The molecule has 1 saturated heterocycles. The van der Waals surface area contributed by atoms with Gasteiger partial charge in [-0.1, -0.05) is 55.5 Å². The number of hydrogen-bond donors (Lipinski definition) is 2. The molecule has 5 heteroatoms. The van der Waals surface area contributed by atoms with E-state index in [9.17, 15) is 0 Å². The molecule has 162 valence electrons. The molecule has 5 nitrogen and oxygen atoms in total. The van der Waals surface area contributed by atoms with Crippen LogP contribution in [-0.2, 0) is 19.4 Å². The molecule has 2 N–H and O–H groups in total. The largest absolute Gasteiger partial charge is 0.327 e. The first-order valence-electron chi connectivity index (χ1n) is 11.3. The molecule has 2 heterocycles. The van der Waals surface area contributed by atoms with Crippen molar-refractivity contribution in [2.75, 3.05) is 19.6 Å². The van der Waals surface area contributed by atoms with Gasteiger partial charge >= 0.3 is 0 Å². The Morgan fingerprint density at radius 1 is 1.03 bits per heavy atom. The second-order valence-corrected chi connectivity index (χ2v) is 8.29. The van der Waals surface area contributed by atoms with Gasteiger partial charge < -0.3 is 9.47 Å². The molecular formula is C26H32N4O. The molecule has 2 aromatic carbocycles. The van der Waals surface area contributed by atoms with Crippen molar-refractivity contribution in [2.45, 2.75) is 38.6 Å². The molecular weight excluding hydrogens is 384 g/mol. The average Bonchev–Trinajstić information content (AvgIpc) is 3.17. The van der Waals surface area contributed by atoms with Crippen LogP contribution in [0, 0.1) is 0 Å². The fraction of sp³-hybridized carbons (Fsp3) is 0.346. The Labute approximate surface area is 184 Å². The molecule has 1 aliphatic heterocycles. The van der Waals surface area contributed by atoms with E-state index in [4.69, 9.17) is 10.2 Å². The number of allylic oxidation sites excluding steroid dienone is 1. The summed E-state index contributed by atoms with van der Waals surface area (Å²) in [5.41, 5.74) is 7.11. The lowest BCUT2D eigenvalue weighted by molar-refractivity contribution is 0.205. The summed E-state index contributed by atoms with van der Waals surface area (Å²) < 4.78 is 2.41. The second-order valence-electron chi connectivity index (χ2n) is 8.29. The lowest BCUT2D eigenvalue weighted by atomic mass is 10.1. The number of nitrogens with one attached hydrogen (secondary N) is 1. The van der Waals surface area contributed by atoms with Crippen LogP contribution in [0.2, 0.25) is 0 Å². The number of likely N-dealkylation sites (tertiary alicyclic amines) is 1. The third-order valence-corrected chi connectivity index (χ3v) is 6.04. The van der Waals surface area contributed by atoms with Crippen molar-refractivity contribution in [3.05, 3.63) is 83.8 Å². The van der Waals surface area contributed by atoms with Crippen LogP contribution in [0.3, 0.4) is 0 Å². The number of hydroxylamine groups is 1. The van der Waals surface area contributed by atoms with Crippen molar-refractivity contribution in [2.24, 2.45) is 0 Å². The normalized spacial score (nSPS) is 15.0. The first-order valence-corrected chi connectivity index (χ1v) is 11.3. The number of fused-ring (bicyclic) bond motifs is 1. The maximum absolute atomic E-state index is 8.92. The molecule has 31 heavy (non-hydrogen) atoms. The average molecular weight is 417 g/mol. The van der Waals surface area contributed by atoms with Crippen LogP contribution in [0.4, 0.5) is 0 Å². The smallest absolute Gasteiger partial charge is 0.110 e. The lowest BCUT2D eigenvalue weighted by Crippen LogP contribution is -2.32. The Morgan fingerprint density at radius 3 is 2.61 bits per heavy atom. The Morgan fingerprint density at radius 2 is 1.84 bits per heavy atom. The Bertz CT molecular complexity index is 1030. The number of piperidine rings is 1. The van der Waals surface area contributed by atoms with E-state index in [1.165, 1.54) is 43.4 Å². The van der Waals surface area contributed by atoms with Gasteiger partial charge in [-0.3, -0.25) is 10.7 Å². The van der Waals surface area contributed by atoms with E-state index in [1.54, 1.807) is 6.08 Å². The summed E-state index contributed by atoms with van der Waals surface area (Å²) in [6, 6.07) is 17.0. The quantitative estimate of drug-likeness (QED) is 0.388. The Balaban J connectivity index is 1.58. The van der Waals surface area contributed by atoms with Gasteiger partial charge in [-0.2, -0.15) is 0 Å². The second kappa shape index (κ2) is 10.4. The van der Waals surface area contributed by atoms with Gasteiger partial charge in [0.25, 0.3) is 0 Å². The van der Waals surface area contributed by atoms with E-state index in [0.717, 1.165) is 42.8 Å². The molecule has 1 aliphatic rings. The Hall–Kier alpha value is -2.89. The fourth-order valence-corrected chi connectivity index (χ4v) is 4.30. The highest BCUT2D eigenvalue weighted by Gasteiger charge is 2.14. The highest BCUT2D eigenvalue weighted by atomic mass is 16.5. The van der Waals surface area contributed by atoms with Crippen LogP contribution >= 0.6 is 0 Å². The van der Waals surface area contributed by atoms with Gasteiger partial charge in [-0.25, -0.2) is 4.98 Å². The van der Waals surface area contributed by atoms with Crippen LogP contribution in [0.1, 0.15) is 36.2 Å². The van der Waals surface area contributed by atoms with Crippen LogP contribution in [0.25, 0.3) is 17.1 Å². The zero-order chi connectivity index (χ0) is 21.5. The van der Waals surface area contributed by atoms with E-state index in [1.807, 2.05) is 6.08 Å². The van der Waals surface area contributed by atoms with Crippen molar-refractivity contribution in [3.8, 4) is 0 Å². The fourth-order valence-electron chi connectivity index (χ4n) is 4.30. The maximum Gasteiger partial charge on any atom is 0.110 e. The number of imidazole rings is 1. The molecule has 1 aromatic heterocycles. The minimum Gasteiger partial charge on any atom is -0.327 e. The predicted octanol–water partition coefficient (Wildman–Crippen LogP) is 4.81. The monoisotopic (exact) mass is 416 g/mol. The van der Waals surface area contributed by atoms with E-state index in [2.05, 4.69) is 70.1 Å². The summed E-state index contributed by atoms with van der Waals surface area (Å²) in [6.45, 7) is 8.19. The number of nitrogens with zero attached hydrogens (tertiary/aromatic N) is 3. The molecule has 3 aromatic rings. The summed E-state index contributed by atoms with van der Waals surface area (Å²) in [5.74, 6) is 1.15. The summed E-state index contributed by atoms with van der Waals surface area (Å²) in [7, 11) is 0. The number of benzene rings is 2. The van der Waals surface area contributed by atoms with Crippen molar-refractivity contribution in [1.82, 2.24) is 19.9 Å². The zero-order valence-electron chi connectivity index (χ0n) is 18.1. The predicted molar refractivity (Wildman–Crippen MR) is 127 cm³/mol. The van der Waals surface area contributed by atoms with Gasteiger partial charge in [0.1, 0.15) is 5.82 Å². The van der Waals surface area contributed by atoms with Crippen molar-refractivity contribution in [3.63, 3.8) is 0 Å². The van der Waals surface area contributed by atoms with Gasteiger partial charge in [-0.05, 0) is 61.7 Å². The number of hydrogen-bond acceptors (Lipinski definition) is 4. The summed E-state index contributed by atoms with van der Waals surface area (Å²) in [6.07, 6.45) is 9.59. The van der Waals surface area contributed by atoms with Gasteiger partial charge in [0.15, 0.2) is 0 Å². The maximum atomic E-state index is 8.92. The standard InChI is InChI=1S/C26H32N4O/c1-21(28-31)10-11-23-12-14-25-24(20-23)27-26(15-13-22-8-4-2-5-9-22)30(25)19-18-29-16-6-3-7-17-29/h2,4-5,8-12,14,20,28,31H,1,3,6-7,13,15-19H2/b11-10+. The third kappa shape index (κ3) is 5.63. The molecule has 0 bridgehead atoms. The number of aryl methyl sites for hydroxylation is 2. The molecule has 0 amide bonds. The zero-order valence-corrected chi connectivity index (χ0v) is 18.1. The highest BCUT2D eigenvalue weighted by Crippen LogP contribution is 2.21. The Kier molecular flexibility index (Phi) is 7.18. The molecule has 4 rings (SSSR count). The SMILES string of the molecule is C=C(/C=C/c1ccc2c(c1)nc(CCc1ccccc1)n2CCN1CCCCC1)NO. The third-order valence-electron chi connectivity index (χ3n) is 6.04. The topological polar surface area (TPSA) is 53.3 Å². The first-order chi connectivity index (χ1) is 15.2. The number of rotatable bonds is 9. The molecule has 0 aliphatic carbocycles. The van der Waals surface area contributed by atoms with Crippen LogP contribution in [0.15, 0.2) is 66.9 Å². The van der Waals surface area contributed by atoms with E-state index < -0.39 is 0 Å². The van der Waals surface area contributed by atoms with Gasteiger partial charge in [0.05, 0.1) is 16.7 Å². The first kappa shape index (κ1) is 21.3. The molecule has 0 spiro atoms. The van der Waals surface area contributed by atoms with Crippen molar-refractivity contribution >= 4 is 17.1 Å². The van der Waals surface area contributed by atoms with E-state index in [-0.39, 0.29) is 0 Å². The van der Waals surface area contributed by atoms with Gasteiger partial charge in [-0.15, -0.1) is 0 Å². The summed E-state index contributed by atoms with van der Waals surface area (Å²) in [5, 5.41) is 8.92.